The highest BCUT2D eigenvalue weighted by Crippen LogP contribution is 2.18. The molecule has 0 radical (unpaired) electrons. The van der Waals surface area contributed by atoms with Crippen molar-refractivity contribution in [2.45, 2.75) is 27.2 Å². The molecule has 1 atom stereocenters. The summed E-state index contributed by atoms with van der Waals surface area (Å²) < 4.78 is 10.5. The number of hydrogen-bond acceptors (Lipinski definition) is 3. The lowest BCUT2D eigenvalue weighted by molar-refractivity contribution is -0.131. The Balaban J connectivity index is 2.48. The van der Waals surface area contributed by atoms with Gasteiger partial charge >= 0.3 is 5.97 Å². The Labute approximate surface area is 96.4 Å². The van der Waals surface area contributed by atoms with Gasteiger partial charge in [0.05, 0.1) is 6.61 Å². The van der Waals surface area contributed by atoms with Crippen LogP contribution in [0.25, 0.3) is 0 Å². The van der Waals surface area contributed by atoms with E-state index >= 15 is 0 Å². The summed E-state index contributed by atoms with van der Waals surface area (Å²) in [6, 6.07) is 7.07. The second-order valence-electron chi connectivity index (χ2n) is 3.89. The van der Waals surface area contributed by atoms with Crippen LogP contribution in [0.1, 0.15) is 27.2 Å². The summed E-state index contributed by atoms with van der Waals surface area (Å²) in [5.41, 5.74) is 0. The van der Waals surface area contributed by atoms with Crippen molar-refractivity contribution < 1.29 is 14.3 Å². The first-order valence-corrected chi connectivity index (χ1v) is 5.53. The first-order chi connectivity index (χ1) is 7.61. The van der Waals surface area contributed by atoms with Crippen molar-refractivity contribution in [1.82, 2.24) is 0 Å². The van der Waals surface area contributed by atoms with Crippen molar-refractivity contribution >= 4 is 5.97 Å². The van der Waals surface area contributed by atoms with Gasteiger partial charge in [0, 0.05) is 6.92 Å². The van der Waals surface area contributed by atoms with Gasteiger partial charge in [-0.1, -0.05) is 20.3 Å². The van der Waals surface area contributed by atoms with Gasteiger partial charge in [-0.15, -0.1) is 0 Å². The van der Waals surface area contributed by atoms with Gasteiger partial charge in [0.1, 0.15) is 11.5 Å². The predicted octanol–water partition coefficient (Wildman–Crippen LogP) is 3.04. The number of esters is 1. The number of ether oxygens (including phenoxy) is 2. The van der Waals surface area contributed by atoms with Gasteiger partial charge < -0.3 is 9.47 Å². The van der Waals surface area contributed by atoms with E-state index in [0.29, 0.717) is 18.3 Å². The fourth-order valence-electron chi connectivity index (χ4n) is 1.13. The molecule has 0 N–H and O–H groups in total. The van der Waals surface area contributed by atoms with Crippen LogP contribution < -0.4 is 9.47 Å². The van der Waals surface area contributed by atoms with Crippen LogP contribution in [0, 0.1) is 5.92 Å². The maximum Gasteiger partial charge on any atom is 0.308 e. The second kappa shape index (κ2) is 6.16. The molecule has 0 heterocycles. The van der Waals surface area contributed by atoms with Crippen molar-refractivity contribution in [2.75, 3.05) is 6.61 Å². The Morgan fingerprint density at radius 2 is 1.81 bits per heavy atom. The highest BCUT2D eigenvalue weighted by molar-refractivity contribution is 5.69. The van der Waals surface area contributed by atoms with E-state index in [-0.39, 0.29) is 5.97 Å². The van der Waals surface area contributed by atoms with E-state index in [2.05, 4.69) is 13.8 Å². The number of benzene rings is 1. The highest BCUT2D eigenvalue weighted by Gasteiger charge is 2.01. The number of carbonyl (C=O) groups excluding carboxylic acids is 1. The fraction of sp³-hybridized carbons (Fsp3) is 0.462. The standard InChI is InChI=1S/C13H18O3/c1-4-10(2)9-15-12-5-7-13(8-6-12)16-11(3)14/h5-8,10H,4,9H2,1-3H3. The normalized spacial score (nSPS) is 11.9. The molecule has 16 heavy (non-hydrogen) atoms. The molecule has 1 aromatic carbocycles. The van der Waals surface area contributed by atoms with E-state index < -0.39 is 0 Å². The van der Waals surface area contributed by atoms with E-state index in [1.165, 1.54) is 6.92 Å². The maximum absolute atomic E-state index is 10.7. The quantitative estimate of drug-likeness (QED) is 0.567. The average molecular weight is 222 g/mol. The number of rotatable bonds is 5. The third-order valence-electron chi connectivity index (χ3n) is 2.32. The first-order valence-electron chi connectivity index (χ1n) is 5.53. The smallest absolute Gasteiger partial charge is 0.308 e. The SMILES string of the molecule is CCC(C)COc1ccc(OC(C)=O)cc1. The van der Waals surface area contributed by atoms with Crippen LogP contribution in [0.5, 0.6) is 11.5 Å². The lowest BCUT2D eigenvalue weighted by atomic mass is 10.1. The monoisotopic (exact) mass is 222 g/mol. The molecule has 0 saturated carbocycles. The largest absolute Gasteiger partial charge is 0.493 e. The molecular formula is C13H18O3. The molecule has 0 aliphatic rings. The maximum atomic E-state index is 10.7. The van der Waals surface area contributed by atoms with Crippen molar-refractivity contribution in [1.29, 1.82) is 0 Å². The molecule has 88 valence electrons. The zero-order chi connectivity index (χ0) is 12.0. The molecule has 0 aromatic heterocycles. The molecule has 0 fully saturated rings. The summed E-state index contributed by atoms with van der Waals surface area (Å²) in [6.07, 6.45) is 1.10. The Kier molecular flexibility index (Phi) is 4.83. The van der Waals surface area contributed by atoms with Gasteiger partial charge in [-0.2, -0.15) is 0 Å². The fourth-order valence-corrected chi connectivity index (χ4v) is 1.13. The molecule has 0 aliphatic heterocycles. The minimum Gasteiger partial charge on any atom is -0.493 e. The Hall–Kier alpha value is -1.51. The van der Waals surface area contributed by atoms with E-state index in [4.69, 9.17) is 9.47 Å². The molecule has 0 bridgehead atoms. The molecule has 0 saturated heterocycles. The summed E-state index contributed by atoms with van der Waals surface area (Å²) in [5.74, 6) is 1.58. The Bertz CT molecular complexity index is 330. The van der Waals surface area contributed by atoms with Crippen molar-refractivity contribution in [2.24, 2.45) is 5.92 Å². The molecule has 0 amide bonds. The summed E-state index contributed by atoms with van der Waals surface area (Å²) in [7, 11) is 0. The minimum atomic E-state index is -0.312. The third kappa shape index (κ3) is 4.34. The molecule has 1 unspecified atom stereocenters. The molecular weight excluding hydrogens is 204 g/mol. The number of hydrogen-bond donors (Lipinski definition) is 0. The van der Waals surface area contributed by atoms with E-state index in [0.717, 1.165) is 12.2 Å². The van der Waals surface area contributed by atoms with Gasteiger partial charge in [0.2, 0.25) is 0 Å². The van der Waals surface area contributed by atoms with Crippen molar-refractivity contribution in [3.05, 3.63) is 24.3 Å². The molecule has 1 aromatic rings. The summed E-state index contributed by atoms with van der Waals surface area (Å²) in [4.78, 5) is 10.7. The minimum absolute atomic E-state index is 0.312. The van der Waals surface area contributed by atoms with E-state index in [1.54, 1.807) is 24.3 Å². The van der Waals surface area contributed by atoms with Gasteiger partial charge in [-0.05, 0) is 30.2 Å². The third-order valence-corrected chi connectivity index (χ3v) is 2.32. The predicted molar refractivity (Wildman–Crippen MR) is 62.7 cm³/mol. The molecule has 3 heteroatoms. The summed E-state index contributed by atoms with van der Waals surface area (Å²) >= 11 is 0. The summed E-state index contributed by atoms with van der Waals surface area (Å²) in [5, 5.41) is 0. The van der Waals surface area contributed by atoms with Crippen LogP contribution in [0.15, 0.2) is 24.3 Å². The Morgan fingerprint density at radius 3 is 2.31 bits per heavy atom. The zero-order valence-corrected chi connectivity index (χ0v) is 10.0. The van der Waals surface area contributed by atoms with E-state index in [1.807, 2.05) is 0 Å². The molecule has 0 spiro atoms. The molecule has 0 aliphatic carbocycles. The lowest BCUT2D eigenvalue weighted by Gasteiger charge is -2.11. The van der Waals surface area contributed by atoms with Gasteiger partial charge in [-0.25, -0.2) is 0 Å². The van der Waals surface area contributed by atoms with Gasteiger partial charge in [-0.3, -0.25) is 4.79 Å². The summed E-state index contributed by atoms with van der Waals surface area (Å²) in [6.45, 7) is 6.38. The van der Waals surface area contributed by atoms with Gasteiger partial charge in [0.15, 0.2) is 0 Å². The lowest BCUT2D eigenvalue weighted by Crippen LogP contribution is -2.07. The van der Waals surface area contributed by atoms with E-state index in [9.17, 15) is 4.79 Å². The molecule has 1 rings (SSSR count). The van der Waals surface area contributed by atoms with Crippen LogP contribution in [-0.4, -0.2) is 12.6 Å². The van der Waals surface area contributed by atoms with Crippen molar-refractivity contribution in [3.8, 4) is 11.5 Å². The van der Waals surface area contributed by atoms with Crippen LogP contribution in [0.2, 0.25) is 0 Å². The topological polar surface area (TPSA) is 35.5 Å². The average Bonchev–Trinajstić information content (AvgIpc) is 2.27. The molecule has 3 nitrogen and oxygen atoms in total. The number of carbonyl (C=O) groups is 1. The van der Waals surface area contributed by atoms with Crippen LogP contribution >= 0.6 is 0 Å². The highest BCUT2D eigenvalue weighted by atomic mass is 16.5. The zero-order valence-electron chi connectivity index (χ0n) is 10.0. The van der Waals surface area contributed by atoms with Crippen LogP contribution in [-0.2, 0) is 4.79 Å². The van der Waals surface area contributed by atoms with Crippen LogP contribution in [0.4, 0.5) is 0 Å². The second-order valence-corrected chi connectivity index (χ2v) is 3.89. The Morgan fingerprint density at radius 1 is 1.25 bits per heavy atom. The first kappa shape index (κ1) is 12.6. The van der Waals surface area contributed by atoms with Gasteiger partial charge in [0.25, 0.3) is 0 Å². The van der Waals surface area contributed by atoms with Crippen LogP contribution in [0.3, 0.4) is 0 Å². The van der Waals surface area contributed by atoms with Crippen molar-refractivity contribution in [3.63, 3.8) is 0 Å².